The summed E-state index contributed by atoms with van der Waals surface area (Å²) in [7, 11) is 0. The zero-order valence-corrected chi connectivity index (χ0v) is 12.3. The largest absolute Gasteiger partial charge is 0.394 e. The summed E-state index contributed by atoms with van der Waals surface area (Å²) in [5.74, 6) is 0.103. The number of fused-ring (bicyclic) bond motifs is 1. The first-order valence-corrected chi connectivity index (χ1v) is 7.80. The van der Waals surface area contributed by atoms with Crippen molar-refractivity contribution in [1.29, 1.82) is 0 Å². The summed E-state index contributed by atoms with van der Waals surface area (Å²) in [4.78, 5) is 12.6. The van der Waals surface area contributed by atoms with Gasteiger partial charge in [0.15, 0.2) is 0 Å². The third kappa shape index (κ3) is 3.11. The Kier molecular flexibility index (Phi) is 4.27. The van der Waals surface area contributed by atoms with Crippen LogP contribution in [0, 0.1) is 5.92 Å². The van der Waals surface area contributed by atoms with Crippen LogP contribution in [0.1, 0.15) is 30.4 Å². The normalized spacial score (nSPS) is 24.1. The predicted molar refractivity (Wildman–Crippen MR) is 80.0 cm³/mol. The predicted octanol–water partition coefficient (Wildman–Crippen LogP) is 1.45. The zero-order chi connectivity index (χ0) is 14.7. The standard InChI is InChI=1S/C17H23NO3/c19-12-17(7-9-21-10-8-17)18-16(20)15-6-5-13-3-1-2-4-14(13)11-15/h1-4,15,19H,5-12H2,(H,18,20). The minimum atomic E-state index is -0.480. The van der Waals surface area contributed by atoms with E-state index in [0.717, 1.165) is 19.3 Å². The molecule has 3 rings (SSSR count). The number of benzene rings is 1. The van der Waals surface area contributed by atoms with Crippen LogP contribution in [0.2, 0.25) is 0 Å². The van der Waals surface area contributed by atoms with Crippen LogP contribution in [0.15, 0.2) is 24.3 Å². The number of aliphatic hydroxyl groups excluding tert-OH is 1. The van der Waals surface area contributed by atoms with Gasteiger partial charge in [0, 0.05) is 19.1 Å². The van der Waals surface area contributed by atoms with Gasteiger partial charge in [0.05, 0.1) is 12.1 Å². The topological polar surface area (TPSA) is 58.6 Å². The summed E-state index contributed by atoms with van der Waals surface area (Å²) in [6.45, 7) is 1.20. The molecule has 1 atom stereocenters. The molecule has 21 heavy (non-hydrogen) atoms. The first-order chi connectivity index (χ1) is 10.2. The van der Waals surface area contributed by atoms with Crippen LogP contribution >= 0.6 is 0 Å². The van der Waals surface area contributed by atoms with E-state index in [2.05, 4.69) is 23.5 Å². The van der Waals surface area contributed by atoms with Gasteiger partial charge in [0.25, 0.3) is 0 Å². The second-order valence-corrected chi connectivity index (χ2v) is 6.25. The molecule has 1 unspecified atom stereocenters. The van der Waals surface area contributed by atoms with Gasteiger partial charge in [-0.1, -0.05) is 24.3 Å². The Morgan fingerprint density at radius 2 is 2.00 bits per heavy atom. The van der Waals surface area contributed by atoms with Crippen molar-refractivity contribution in [3.63, 3.8) is 0 Å². The highest BCUT2D eigenvalue weighted by Gasteiger charge is 2.36. The van der Waals surface area contributed by atoms with Crippen LogP contribution in [0.25, 0.3) is 0 Å². The van der Waals surface area contributed by atoms with Gasteiger partial charge in [-0.2, -0.15) is 0 Å². The van der Waals surface area contributed by atoms with Gasteiger partial charge < -0.3 is 15.2 Å². The molecule has 2 N–H and O–H groups in total. The molecule has 1 saturated heterocycles. The lowest BCUT2D eigenvalue weighted by molar-refractivity contribution is -0.129. The van der Waals surface area contributed by atoms with Crippen molar-refractivity contribution in [2.75, 3.05) is 19.8 Å². The summed E-state index contributed by atoms with van der Waals surface area (Å²) in [6, 6.07) is 8.36. The van der Waals surface area contributed by atoms with Gasteiger partial charge in [-0.15, -0.1) is 0 Å². The van der Waals surface area contributed by atoms with Crippen LogP contribution < -0.4 is 5.32 Å². The van der Waals surface area contributed by atoms with Gasteiger partial charge in [-0.05, 0) is 43.2 Å². The summed E-state index contributed by atoms with van der Waals surface area (Å²) in [5, 5.41) is 12.8. The Hall–Kier alpha value is -1.39. The molecule has 1 amide bonds. The maximum absolute atomic E-state index is 12.6. The molecule has 1 aromatic carbocycles. The van der Waals surface area contributed by atoms with E-state index in [-0.39, 0.29) is 18.4 Å². The molecule has 2 aliphatic rings. The van der Waals surface area contributed by atoms with Crippen LogP contribution in [0.4, 0.5) is 0 Å². The quantitative estimate of drug-likeness (QED) is 0.885. The number of aliphatic hydroxyl groups is 1. The molecule has 1 aliphatic carbocycles. The molecular formula is C17H23NO3. The second-order valence-electron chi connectivity index (χ2n) is 6.25. The third-order valence-electron chi connectivity index (χ3n) is 4.86. The lowest BCUT2D eigenvalue weighted by Crippen LogP contribution is -2.56. The SMILES string of the molecule is O=C(NC1(CO)CCOCC1)C1CCc2ccccc2C1. The number of carbonyl (C=O) groups is 1. The molecule has 114 valence electrons. The van der Waals surface area contributed by atoms with E-state index < -0.39 is 5.54 Å². The molecule has 4 nitrogen and oxygen atoms in total. The van der Waals surface area contributed by atoms with Gasteiger partial charge in [-0.25, -0.2) is 0 Å². The highest BCUT2D eigenvalue weighted by atomic mass is 16.5. The van der Waals surface area contributed by atoms with E-state index in [0.29, 0.717) is 26.1 Å². The van der Waals surface area contributed by atoms with Gasteiger partial charge in [0.2, 0.25) is 5.91 Å². The number of aryl methyl sites for hydroxylation is 1. The Morgan fingerprint density at radius 1 is 1.29 bits per heavy atom. The monoisotopic (exact) mass is 289 g/mol. The summed E-state index contributed by atoms with van der Waals surface area (Å²) in [6.07, 6.45) is 4.04. The molecule has 1 heterocycles. The molecule has 1 aliphatic heterocycles. The van der Waals surface area contributed by atoms with Crippen molar-refractivity contribution >= 4 is 5.91 Å². The fourth-order valence-electron chi connectivity index (χ4n) is 3.37. The van der Waals surface area contributed by atoms with Crippen LogP contribution in [0.3, 0.4) is 0 Å². The summed E-state index contributed by atoms with van der Waals surface area (Å²) in [5.41, 5.74) is 2.17. The third-order valence-corrected chi connectivity index (χ3v) is 4.86. The number of carbonyl (C=O) groups excluding carboxylic acids is 1. The molecule has 1 fully saturated rings. The fourth-order valence-corrected chi connectivity index (χ4v) is 3.37. The molecule has 1 aromatic rings. The second kappa shape index (κ2) is 6.16. The number of hydrogen-bond donors (Lipinski definition) is 2. The van der Waals surface area contributed by atoms with Gasteiger partial charge in [-0.3, -0.25) is 4.79 Å². The maximum atomic E-state index is 12.6. The molecule has 4 heteroatoms. The molecule has 0 aromatic heterocycles. The summed E-state index contributed by atoms with van der Waals surface area (Å²) >= 11 is 0. The Bertz CT molecular complexity index is 509. The van der Waals surface area contributed by atoms with E-state index in [4.69, 9.17) is 4.74 Å². The van der Waals surface area contributed by atoms with E-state index in [1.54, 1.807) is 0 Å². The minimum absolute atomic E-state index is 0.00852. The Balaban J connectivity index is 1.66. The lowest BCUT2D eigenvalue weighted by atomic mass is 9.82. The van der Waals surface area contributed by atoms with E-state index >= 15 is 0 Å². The molecular weight excluding hydrogens is 266 g/mol. The average molecular weight is 289 g/mol. The number of ether oxygens (including phenoxy) is 1. The average Bonchev–Trinajstić information content (AvgIpc) is 2.55. The fraction of sp³-hybridized carbons (Fsp3) is 0.588. The van der Waals surface area contributed by atoms with Crippen molar-refractivity contribution < 1.29 is 14.6 Å². The first kappa shape index (κ1) is 14.5. The maximum Gasteiger partial charge on any atom is 0.223 e. The van der Waals surface area contributed by atoms with E-state index in [1.807, 2.05) is 6.07 Å². The van der Waals surface area contributed by atoms with Gasteiger partial charge in [0.1, 0.15) is 0 Å². The first-order valence-electron chi connectivity index (χ1n) is 7.80. The van der Waals surface area contributed by atoms with Crippen molar-refractivity contribution in [2.24, 2.45) is 5.92 Å². The minimum Gasteiger partial charge on any atom is -0.394 e. The van der Waals surface area contributed by atoms with Crippen LogP contribution in [-0.4, -0.2) is 36.4 Å². The van der Waals surface area contributed by atoms with E-state index in [1.165, 1.54) is 11.1 Å². The molecule has 0 spiro atoms. The van der Waals surface area contributed by atoms with Crippen LogP contribution in [0.5, 0.6) is 0 Å². The number of amides is 1. The molecule has 0 bridgehead atoms. The highest BCUT2D eigenvalue weighted by molar-refractivity contribution is 5.80. The van der Waals surface area contributed by atoms with Crippen LogP contribution in [-0.2, 0) is 22.4 Å². The van der Waals surface area contributed by atoms with Crippen molar-refractivity contribution in [1.82, 2.24) is 5.32 Å². The van der Waals surface area contributed by atoms with Gasteiger partial charge >= 0.3 is 0 Å². The van der Waals surface area contributed by atoms with Crippen molar-refractivity contribution in [3.05, 3.63) is 35.4 Å². The molecule has 0 radical (unpaired) electrons. The number of rotatable bonds is 3. The Labute approximate surface area is 125 Å². The molecule has 0 saturated carbocycles. The highest BCUT2D eigenvalue weighted by Crippen LogP contribution is 2.27. The summed E-state index contributed by atoms with van der Waals surface area (Å²) < 4.78 is 5.34. The van der Waals surface area contributed by atoms with Crippen molar-refractivity contribution in [3.8, 4) is 0 Å². The van der Waals surface area contributed by atoms with Crippen molar-refractivity contribution in [2.45, 2.75) is 37.6 Å². The number of hydrogen-bond acceptors (Lipinski definition) is 3. The van der Waals surface area contributed by atoms with E-state index in [9.17, 15) is 9.90 Å². The Morgan fingerprint density at radius 3 is 2.71 bits per heavy atom. The smallest absolute Gasteiger partial charge is 0.223 e. The zero-order valence-electron chi connectivity index (χ0n) is 12.3. The number of nitrogens with one attached hydrogen (secondary N) is 1. The lowest BCUT2D eigenvalue weighted by Gasteiger charge is -2.38.